The minimum atomic E-state index is 0.0798. The van der Waals surface area contributed by atoms with Crippen molar-refractivity contribution in [3.8, 4) is 5.69 Å². The third-order valence-corrected chi connectivity index (χ3v) is 6.31. The number of nitrogens with zero attached hydrogens (tertiary/aromatic N) is 5. The lowest BCUT2D eigenvalue weighted by Gasteiger charge is -2.17. The van der Waals surface area contributed by atoms with Crippen LogP contribution in [-0.2, 0) is 4.74 Å². The standard InChI is InChI=1S/C23H25N5O2S/c1-15-10-19(17(3)27(15)16(2)12-30-4)21(29)13-31-23-20-11-26-28(22(20)24-14-25-23)18-8-6-5-7-9-18/h5-11,14,16H,12-13H2,1-4H3. The number of hydrogen-bond donors (Lipinski definition) is 0. The summed E-state index contributed by atoms with van der Waals surface area (Å²) in [6.45, 7) is 6.70. The molecule has 7 nitrogen and oxygen atoms in total. The molecule has 0 radical (unpaired) electrons. The summed E-state index contributed by atoms with van der Waals surface area (Å²) in [7, 11) is 1.69. The molecule has 1 unspecified atom stereocenters. The maximum Gasteiger partial charge on any atom is 0.174 e. The van der Waals surface area contributed by atoms with Crippen LogP contribution in [0.5, 0.6) is 0 Å². The van der Waals surface area contributed by atoms with Crippen molar-refractivity contribution in [2.24, 2.45) is 0 Å². The first-order valence-corrected chi connectivity index (χ1v) is 11.1. The lowest BCUT2D eigenvalue weighted by Crippen LogP contribution is -2.14. The summed E-state index contributed by atoms with van der Waals surface area (Å²) in [6, 6.07) is 12.0. The Morgan fingerprint density at radius 3 is 2.71 bits per heavy atom. The molecule has 0 amide bonds. The zero-order chi connectivity index (χ0) is 22.0. The molecular weight excluding hydrogens is 410 g/mol. The number of thioether (sulfide) groups is 1. The average Bonchev–Trinajstić information content (AvgIpc) is 3.33. The van der Waals surface area contributed by atoms with Gasteiger partial charge in [0.05, 0.1) is 35.7 Å². The molecule has 8 heteroatoms. The van der Waals surface area contributed by atoms with Gasteiger partial charge in [-0.2, -0.15) is 5.10 Å². The van der Waals surface area contributed by atoms with Gasteiger partial charge in [0.2, 0.25) is 0 Å². The molecule has 0 aliphatic heterocycles. The fraction of sp³-hybridized carbons (Fsp3) is 0.304. The molecule has 160 valence electrons. The number of para-hydroxylation sites is 1. The number of rotatable bonds is 8. The van der Waals surface area contributed by atoms with Gasteiger partial charge in [-0.25, -0.2) is 14.6 Å². The highest BCUT2D eigenvalue weighted by Crippen LogP contribution is 2.28. The van der Waals surface area contributed by atoms with E-state index in [-0.39, 0.29) is 11.8 Å². The van der Waals surface area contributed by atoms with Gasteiger partial charge in [0, 0.05) is 24.1 Å². The first-order chi connectivity index (χ1) is 15.0. The molecule has 3 heterocycles. The molecule has 3 aromatic heterocycles. The van der Waals surface area contributed by atoms with E-state index in [4.69, 9.17) is 4.74 Å². The molecule has 0 bridgehead atoms. The molecule has 31 heavy (non-hydrogen) atoms. The highest BCUT2D eigenvalue weighted by Gasteiger charge is 2.20. The summed E-state index contributed by atoms with van der Waals surface area (Å²) in [5.74, 6) is 0.377. The molecule has 4 aromatic rings. The fourth-order valence-electron chi connectivity index (χ4n) is 3.96. The maximum atomic E-state index is 13.0. The number of ketones is 1. The summed E-state index contributed by atoms with van der Waals surface area (Å²) in [4.78, 5) is 21.8. The molecule has 0 saturated carbocycles. The summed E-state index contributed by atoms with van der Waals surface area (Å²) >= 11 is 1.42. The molecule has 0 N–H and O–H groups in total. The Hall–Kier alpha value is -2.97. The number of hydrogen-bond acceptors (Lipinski definition) is 6. The third kappa shape index (κ3) is 4.13. The number of methoxy groups -OCH3 is 1. The second-order valence-corrected chi connectivity index (χ2v) is 8.44. The topological polar surface area (TPSA) is 74.8 Å². The van der Waals surface area contributed by atoms with Gasteiger partial charge in [-0.05, 0) is 39.0 Å². The Morgan fingerprint density at radius 2 is 1.97 bits per heavy atom. The van der Waals surface area contributed by atoms with Crippen molar-refractivity contribution >= 4 is 28.6 Å². The fourth-order valence-corrected chi connectivity index (χ4v) is 4.81. The van der Waals surface area contributed by atoms with Gasteiger partial charge in [-0.1, -0.05) is 30.0 Å². The highest BCUT2D eigenvalue weighted by molar-refractivity contribution is 8.00. The second-order valence-electron chi connectivity index (χ2n) is 7.48. The van der Waals surface area contributed by atoms with E-state index in [0.717, 1.165) is 38.7 Å². The number of carbonyl (C=O) groups is 1. The lowest BCUT2D eigenvalue weighted by atomic mass is 10.2. The first-order valence-electron chi connectivity index (χ1n) is 10.1. The third-order valence-electron chi connectivity index (χ3n) is 5.30. The van der Waals surface area contributed by atoms with E-state index < -0.39 is 0 Å². The summed E-state index contributed by atoms with van der Waals surface area (Å²) in [5, 5.41) is 6.07. The largest absolute Gasteiger partial charge is 0.383 e. The smallest absolute Gasteiger partial charge is 0.174 e. The minimum absolute atomic E-state index is 0.0798. The number of carbonyl (C=O) groups excluding carboxylic acids is 1. The summed E-state index contributed by atoms with van der Waals surface area (Å²) in [5.41, 5.74) is 4.43. The van der Waals surface area contributed by atoms with E-state index in [9.17, 15) is 4.79 Å². The van der Waals surface area contributed by atoms with Crippen molar-refractivity contribution in [2.75, 3.05) is 19.5 Å². The van der Waals surface area contributed by atoms with Gasteiger partial charge in [-0.3, -0.25) is 4.79 Å². The maximum absolute atomic E-state index is 13.0. The Bertz CT molecular complexity index is 1220. The molecule has 0 aliphatic rings. The Balaban J connectivity index is 1.56. The van der Waals surface area contributed by atoms with Crippen LogP contribution in [0.3, 0.4) is 0 Å². The lowest BCUT2D eigenvalue weighted by molar-refractivity contribution is 0.102. The Morgan fingerprint density at radius 1 is 1.19 bits per heavy atom. The zero-order valence-electron chi connectivity index (χ0n) is 18.1. The van der Waals surface area contributed by atoms with Crippen LogP contribution in [0.4, 0.5) is 0 Å². The molecule has 1 aromatic carbocycles. The zero-order valence-corrected chi connectivity index (χ0v) is 18.9. The van der Waals surface area contributed by atoms with Gasteiger partial charge in [0.25, 0.3) is 0 Å². The predicted octanol–water partition coefficient (Wildman–Crippen LogP) is 4.42. The van der Waals surface area contributed by atoms with Gasteiger partial charge < -0.3 is 9.30 Å². The number of aromatic nitrogens is 5. The molecule has 4 rings (SSSR count). The number of aryl methyl sites for hydroxylation is 1. The van der Waals surface area contributed by atoms with E-state index in [1.165, 1.54) is 18.1 Å². The number of ether oxygens (including phenoxy) is 1. The Labute approximate surface area is 185 Å². The minimum Gasteiger partial charge on any atom is -0.383 e. The molecule has 0 saturated heterocycles. The van der Waals surface area contributed by atoms with E-state index >= 15 is 0 Å². The quantitative estimate of drug-likeness (QED) is 0.232. The van der Waals surface area contributed by atoms with E-state index in [0.29, 0.717) is 12.4 Å². The van der Waals surface area contributed by atoms with Crippen molar-refractivity contribution < 1.29 is 9.53 Å². The van der Waals surface area contributed by atoms with Crippen LogP contribution >= 0.6 is 11.8 Å². The van der Waals surface area contributed by atoms with Crippen LogP contribution in [0, 0.1) is 13.8 Å². The molecule has 0 aliphatic carbocycles. The van der Waals surface area contributed by atoms with Crippen LogP contribution < -0.4 is 0 Å². The molecule has 1 atom stereocenters. The van der Waals surface area contributed by atoms with Crippen molar-refractivity contribution in [1.82, 2.24) is 24.3 Å². The van der Waals surface area contributed by atoms with Gasteiger partial charge in [0.15, 0.2) is 11.4 Å². The number of benzene rings is 1. The van der Waals surface area contributed by atoms with Crippen LogP contribution in [-0.4, -0.2) is 49.6 Å². The number of fused-ring (bicyclic) bond motifs is 1. The van der Waals surface area contributed by atoms with Crippen molar-refractivity contribution in [3.05, 3.63) is 65.9 Å². The van der Waals surface area contributed by atoms with Crippen LogP contribution in [0.15, 0.2) is 53.9 Å². The van der Waals surface area contributed by atoms with Crippen LogP contribution in [0.25, 0.3) is 16.7 Å². The summed E-state index contributed by atoms with van der Waals surface area (Å²) in [6.07, 6.45) is 3.28. The monoisotopic (exact) mass is 435 g/mol. The average molecular weight is 436 g/mol. The first kappa shape index (κ1) is 21.3. The predicted molar refractivity (Wildman–Crippen MR) is 122 cm³/mol. The van der Waals surface area contributed by atoms with Crippen LogP contribution in [0.2, 0.25) is 0 Å². The number of Topliss-reactive ketones (excluding diaryl/α,β-unsaturated/α-hetero) is 1. The van der Waals surface area contributed by atoms with Gasteiger partial charge in [0.1, 0.15) is 11.4 Å². The second kappa shape index (κ2) is 9.03. The SMILES string of the molecule is COCC(C)n1c(C)cc(C(=O)CSc2ncnc3c2cnn3-c2ccccc2)c1C. The van der Waals surface area contributed by atoms with Gasteiger partial charge >= 0.3 is 0 Å². The summed E-state index contributed by atoms with van der Waals surface area (Å²) < 4.78 is 9.23. The van der Waals surface area contributed by atoms with E-state index in [1.54, 1.807) is 18.0 Å². The van der Waals surface area contributed by atoms with Crippen molar-refractivity contribution in [3.63, 3.8) is 0 Å². The highest BCUT2D eigenvalue weighted by atomic mass is 32.2. The van der Waals surface area contributed by atoms with E-state index in [1.807, 2.05) is 50.2 Å². The molecular formula is C23H25N5O2S. The molecule has 0 fully saturated rings. The van der Waals surface area contributed by atoms with E-state index in [2.05, 4.69) is 26.6 Å². The molecule has 0 spiro atoms. The van der Waals surface area contributed by atoms with Crippen molar-refractivity contribution in [2.45, 2.75) is 31.8 Å². The Kier molecular flexibility index (Phi) is 6.20. The van der Waals surface area contributed by atoms with Crippen molar-refractivity contribution in [1.29, 1.82) is 0 Å². The van der Waals surface area contributed by atoms with Crippen LogP contribution in [0.1, 0.15) is 34.7 Å². The van der Waals surface area contributed by atoms with Gasteiger partial charge in [-0.15, -0.1) is 0 Å². The normalized spacial score (nSPS) is 12.4.